The molecule has 0 saturated carbocycles. The molecule has 144 valence electrons. The lowest BCUT2D eigenvalue weighted by Gasteiger charge is -2.15. The van der Waals surface area contributed by atoms with Crippen LogP contribution in [0, 0.1) is 13.8 Å². The number of ether oxygens (including phenoxy) is 2. The van der Waals surface area contributed by atoms with Gasteiger partial charge in [0.25, 0.3) is 0 Å². The highest BCUT2D eigenvalue weighted by Gasteiger charge is 2.33. The van der Waals surface area contributed by atoms with Crippen LogP contribution in [0.15, 0.2) is 47.4 Å². The number of methoxy groups -OCH3 is 1. The fraction of sp³-hybridized carbons (Fsp3) is 0.316. The van der Waals surface area contributed by atoms with Crippen molar-refractivity contribution in [3.05, 3.63) is 53.6 Å². The van der Waals surface area contributed by atoms with E-state index < -0.39 is 22.2 Å². The lowest BCUT2D eigenvalue weighted by molar-refractivity contribution is 0.143. The Bertz CT molecular complexity index is 921. The van der Waals surface area contributed by atoms with Crippen LogP contribution >= 0.6 is 0 Å². The van der Waals surface area contributed by atoms with Crippen molar-refractivity contribution in [1.29, 1.82) is 0 Å². The largest absolute Gasteiger partial charge is 0.497 e. The second kappa shape index (κ2) is 7.58. The Morgan fingerprint density at radius 2 is 1.78 bits per heavy atom. The van der Waals surface area contributed by atoms with Gasteiger partial charge in [0.1, 0.15) is 11.9 Å². The number of nitrogens with one attached hydrogen (secondary N) is 1. The summed E-state index contributed by atoms with van der Waals surface area (Å²) in [5.41, 5.74) is 2.83. The summed E-state index contributed by atoms with van der Waals surface area (Å²) in [6.45, 7) is 4.20. The first-order valence-electron chi connectivity index (χ1n) is 8.48. The molecule has 2 aromatic rings. The van der Waals surface area contributed by atoms with Crippen molar-refractivity contribution >= 4 is 21.8 Å². The zero-order valence-corrected chi connectivity index (χ0v) is 16.2. The molecular formula is C19H22N2O5S. The zero-order chi connectivity index (χ0) is 19.6. The summed E-state index contributed by atoms with van der Waals surface area (Å²) in [5.74, 6) is 0.572. The van der Waals surface area contributed by atoms with Crippen LogP contribution in [0.5, 0.6) is 5.75 Å². The highest BCUT2D eigenvalue weighted by atomic mass is 32.2. The average molecular weight is 390 g/mol. The van der Waals surface area contributed by atoms with Crippen LogP contribution in [0.4, 0.5) is 10.5 Å². The van der Waals surface area contributed by atoms with E-state index >= 15 is 0 Å². The molecule has 1 heterocycles. The van der Waals surface area contributed by atoms with Crippen LogP contribution in [-0.2, 0) is 14.8 Å². The van der Waals surface area contributed by atoms with Crippen LogP contribution in [0.2, 0.25) is 0 Å². The van der Waals surface area contributed by atoms with Gasteiger partial charge in [-0.15, -0.1) is 0 Å². The van der Waals surface area contributed by atoms with E-state index in [1.54, 1.807) is 12.1 Å². The summed E-state index contributed by atoms with van der Waals surface area (Å²) in [5, 5.41) is 0. The molecule has 1 aliphatic heterocycles. The minimum atomic E-state index is -3.70. The normalized spacial score (nSPS) is 17.1. The first-order valence-corrected chi connectivity index (χ1v) is 9.97. The molecule has 7 nitrogen and oxygen atoms in total. The van der Waals surface area contributed by atoms with Gasteiger partial charge < -0.3 is 9.47 Å². The number of anilines is 1. The molecule has 1 aliphatic rings. The molecule has 3 rings (SSSR count). The lowest BCUT2D eigenvalue weighted by Crippen LogP contribution is -2.34. The van der Waals surface area contributed by atoms with E-state index in [2.05, 4.69) is 4.72 Å². The van der Waals surface area contributed by atoms with Crippen molar-refractivity contribution in [3.63, 3.8) is 0 Å². The van der Waals surface area contributed by atoms with Gasteiger partial charge >= 0.3 is 6.09 Å². The fourth-order valence-corrected chi connectivity index (χ4v) is 4.05. The number of sulfonamides is 1. The Hall–Kier alpha value is -2.58. The Labute approximate surface area is 158 Å². The van der Waals surface area contributed by atoms with Crippen molar-refractivity contribution in [2.24, 2.45) is 0 Å². The second-order valence-electron chi connectivity index (χ2n) is 6.49. The minimum Gasteiger partial charge on any atom is -0.497 e. The average Bonchev–Trinajstić information content (AvgIpc) is 3.00. The zero-order valence-electron chi connectivity index (χ0n) is 15.4. The van der Waals surface area contributed by atoms with E-state index in [0.717, 1.165) is 16.8 Å². The molecule has 1 amide bonds. The van der Waals surface area contributed by atoms with Gasteiger partial charge in [-0.05, 0) is 61.4 Å². The van der Waals surface area contributed by atoms with Crippen LogP contribution < -0.4 is 14.4 Å². The second-order valence-corrected chi connectivity index (χ2v) is 8.26. The standard InChI is InChI=1S/C19H22N2O5S/c1-13-8-14(2)10-15(9-13)21-12-17(26-19(21)22)11-20-27(23,24)18-6-4-16(25-3)5-7-18/h4-10,17,20H,11-12H2,1-3H3. The quantitative estimate of drug-likeness (QED) is 0.820. The van der Waals surface area contributed by atoms with Gasteiger partial charge in [0, 0.05) is 12.2 Å². The van der Waals surface area contributed by atoms with Gasteiger partial charge in [-0.2, -0.15) is 0 Å². The topological polar surface area (TPSA) is 84.9 Å². The molecule has 1 fully saturated rings. The van der Waals surface area contributed by atoms with Crippen molar-refractivity contribution in [3.8, 4) is 5.75 Å². The minimum absolute atomic E-state index is 0.00139. The monoisotopic (exact) mass is 390 g/mol. The molecular weight excluding hydrogens is 368 g/mol. The number of hydrogen-bond donors (Lipinski definition) is 1. The lowest BCUT2D eigenvalue weighted by atomic mass is 10.1. The molecule has 1 atom stereocenters. The highest BCUT2D eigenvalue weighted by Crippen LogP contribution is 2.24. The van der Waals surface area contributed by atoms with Crippen molar-refractivity contribution in [2.75, 3.05) is 25.1 Å². The Morgan fingerprint density at radius 3 is 2.37 bits per heavy atom. The summed E-state index contributed by atoms with van der Waals surface area (Å²) in [6, 6.07) is 11.9. The molecule has 0 aliphatic carbocycles. The Kier molecular flexibility index (Phi) is 5.38. The molecule has 0 bridgehead atoms. The first-order chi connectivity index (χ1) is 12.8. The van der Waals surface area contributed by atoms with Gasteiger partial charge in [0.2, 0.25) is 10.0 Å². The van der Waals surface area contributed by atoms with Crippen molar-refractivity contribution in [1.82, 2.24) is 4.72 Å². The number of carbonyl (C=O) groups is 1. The van der Waals surface area contributed by atoms with E-state index in [0.29, 0.717) is 5.75 Å². The predicted octanol–water partition coefficient (Wildman–Crippen LogP) is 2.62. The smallest absolute Gasteiger partial charge is 0.414 e. The Morgan fingerprint density at radius 1 is 1.15 bits per heavy atom. The molecule has 2 aromatic carbocycles. The number of amides is 1. The third-order valence-corrected chi connectivity index (χ3v) is 5.70. The van der Waals surface area contributed by atoms with Crippen LogP contribution in [0.3, 0.4) is 0 Å². The highest BCUT2D eigenvalue weighted by molar-refractivity contribution is 7.89. The molecule has 0 radical (unpaired) electrons. The maximum atomic E-state index is 12.4. The SMILES string of the molecule is COc1ccc(S(=O)(=O)NCC2CN(c3cc(C)cc(C)c3)C(=O)O2)cc1. The molecule has 1 N–H and O–H groups in total. The van der Waals surface area contributed by atoms with Crippen LogP contribution in [0.1, 0.15) is 11.1 Å². The van der Waals surface area contributed by atoms with E-state index in [9.17, 15) is 13.2 Å². The summed E-state index contributed by atoms with van der Waals surface area (Å²) >= 11 is 0. The number of nitrogens with zero attached hydrogens (tertiary/aromatic N) is 1. The maximum absolute atomic E-state index is 12.4. The van der Waals surface area contributed by atoms with Gasteiger partial charge in [-0.3, -0.25) is 4.90 Å². The van der Waals surface area contributed by atoms with Crippen molar-refractivity contribution in [2.45, 2.75) is 24.8 Å². The van der Waals surface area contributed by atoms with Crippen LogP contribution in [-0.4, -0.2) is 40.8 Å². The summed E-state index contributed by atoms with van der Waals surface area (Å²) in [4.78, 5) is 13.8. The number of hydrogen-bond acceptors (Lipinski definition) is 5. The number of benzene rings is 2. The fourth-order valence-electron chi connectivity index (χ4n) is 2.99. The first kappa shape index (κ1) is 19.2. The van der Waals surface area contributed by atoms with Crippen LogP contribution in [0.25, 0.3) is 0 Å². The predicted molar refractivity (Wildman–Crippen MR) is 102 cm³/mol. The molecule has 8 heteroatoms. The number of carbonyl (C=O) groups excluding carboxylic acids is 1. The number of rotatable bonds is 6. The van der Waals surface area contributed by atoms with Gasteiger partial charge in [0.05, 0.1) is 18.6 Å². The van der Waals surface area contributed by atoms with Crippen molar-refractivity contribution < 1.29 is 22.7 Å². The summed E-state index contributed by atoms with van der Waals surface area (Å²) in [7, 11) is -2.19. The van der Waals surface area contributed by atoms with E-state index in [4.69, 9.17) is 9.47 Å². The van der Waals surface area contributed by atoms with E-state index in [-0.39, 0.29) is 18.0 Å². The molecule has 1 saturated heterocycles. The molecule has 0 aromatic heterocycles. The van der Waals surface area contributed by atoms with Gasteiger partial charge in [-0.25, -0.2) is 17.9 Å². The third kappa shape index (κ3) is 4.40. The molecule has 0 spiro atoms. The summed E-state index contributed by atoms with van der Waals surface area (Å²) < 4.78 is 37.7. The number of aryl methyl sites for hydroxylation is 2. The Balaban J connectivity index is 1.65. The van der Waals surface area contributed by atoms with Gasteiger partial charge in [-0.1, -0.05) is 6.07 Å². The molecule has 1 unspecified atom stereocenters. The number of cyclic esters (lactones) is 1. The van der Waals surface area contributed by atoms with E-state index in [1.807, 2.05) is 32.0 Å². The van der Waals surface area contributed by atoms with E-state index in [1.165, 1.54) is 24.1 Å². The molecule has 27 heavy (non-hydrogen) atoms. The summed E-state index contributed by atoms with van der Waals surface area (Å²) in [6.07, 6.45) is -1.04. The maximum Gasteiger partial charge on any atom is 0.414 e. The third-order valence-electron chi connectivity index (χ3n) is 4.26. The van der Waals surface area contributed by atoms with Gasteiger partial charge in [0.15, 0.2) is 0 Å².